The van der Waals surface area contributed by atoms with Crippen LogP contribution in [0.15, 0.2) is 78.9 Å². The van der Waals surface area contributed by atoms with E-state index in [2.05, 4.69) is 39.9 Å². The van der Waals surface area contributed by atoms with Gasteiger partial charge in [0, 0.05) is 29.4 Å². The molecule has 4 aliphatic rings. The summed E-state index contributed by atoms with van der Waals surface area (Å²) in [6.45, 7) is 5.39. The molecule has 194 valence electrons. The van der Waals surface area contributed by atoms with Crippen LogP contribution in [-0.2, 0) is 4.79 Å². The van der Waals surface area contributed by atoms with Crippen molar-refractivity contribution in [3.8, 4) is 0 Å². The smallest absolute Gasteiger partial charge is 0.258 e. The Labute approximate surface area is 224 Å². The Morgan fingerprint density at radius 1 is 0.974 bits per heavy atom. The lowest BCUT2D eigenvalue weighted by molar-refractivity contribution is -0.110. The third kappa shape index (κ3) is 4.72. The number of rotatable bonds is 7. The van der Waals surface area contributed by atoms with Gasteiger partial charge >= 0.3 is 0 Å². The topological polar surface area (TPSA) is 73.5 Å². The van der Waals surface area contributed by atoms with Gasteiger partial charge in [-0.15, -0.1) is 0 Å². The van der Waals surface area contributed by atoms with E-state index >= 15 is 0 Å². The number of amides is 2. The molecule has 3 aromatic carbocycles. The van der Waals surface area contributed by atoms with E-state index in [-0.39, 0.29) is 17.9 Å². The van der Waals surface area contributed by atoms with Gasteiger partial charge in [-0.25, -0.2) is 0 Å². The average Bonchev–Trinajstić information content (AvgIpc) is 3.30. The van der Waals surface area contributed by atoms with Crippen molar-refractivity contribution in [3.63, 3.8) is 0 Å². The maximum absolute atomic E-state index is 13.4. The molecule has 0 saturated carbocycles. The SMILES string of the molecule is CC[C@@H](NC(=O)c1ccc2c(c1)NC(=O)C2=C(N[C@@H]1CN2CCC1CC2)c1ccccc1)c1ccccc1. The third-order valence-electron chi connectivity index (χ3n) is 8.24. The molecule has 3 saturated heterocycles. The highest BCUT2D eigenvalue weighted by molar-refractivity contribution is 6.36. The molecule has 6 heteroatoms. The van der Waals surface area contributed by atoms with Crippen LogP contribution in [0.2, 0.25) is 0 Å². The number of carbonyl (C=O) groups excluding carboxylic acids is 2. The van der Waals surface area contributed by atoms with Crippen LogP contribution in [0.1, 0.15) is 59.3 Å². The summed E-state index contributed by atoms with van der Waals surface area (Å²) in [5.41, 5.74) is 5.63. The Morgan fingerprint density at radius 3 is 2.34 bits per heavy atom. The molecule has 2 atom stereocenters. The summed E-state index contributed by atoms with van der Waals surface area (Å²) in [4.78, 5) is 29.1. The maximum Gasteiger partial charge on any atom is 0.258 e. The molecule has 4 heterocycles. The Bertz CT molecular complexity index is 1360. The average molecular weight is 507 g/mol. The minimum atomic E-state index is -0.149. The summed E-state index contributed by atoms with van der Waals surface area (Å²) in [6, 6.07) is 25.9. The van der Waals surface area contributed by atoms with Crippen molar-refractivity contribution in [1.29, 1.82) is 0 Å². The van der Waals surface area contributed by atoms with Gasteiger partial charge in [0.2, 0.25) is 0 Å². The van der Waals surface area contributed by atoms with E-state index < -0.39 is 0 Å². The van der Waals surface area contributed by atoms with Crippen LogP contribution in [0.5, 0.6) is 0 Å². The van der Waals surface area contributed by atoms with Crippen molar-refractivity contribution < 1.29 is 9.59 Å². The van der Waals surface area contributed by atoms with Crippen LogP contribution in [-0.4, -0.2) is 42.4 Å². The van der Waals surface area contributed by atoms with E-state index in [1.165, 1.54) is 12.8 Å². The molecule has 4 aliphatic heterocycles. The maximum atomic E-state index is 13.4. The van der Waals surface area contributed by atoms with Crippen molar-refractivity contribution in [2.45, 2.75) is 38.3 Å². The van der Waals surface area contributed by atoms with Crippen LogP contribution in [0.3, 0.4) is 0 Å². The third-order valence-corrected chi connectivity index (χ3v) is 8.24. The van der Waals surface area contributed by atoms with Crippen LogP contribution in [0.4, 0.5) is 5.69 Å². The molecule has 3 N–H and O–H groups in total. The largest absolute Gasteiger partial charge is 0.380 e. The lowest BCUT2D eigenvalue weighted by Gasteiger charge is -2.45. The van der Waals surface area contributed by atoms with Gasteiger partial charge in [-0.1, -0.05) is 73.7 Å². The second kappa shape index (κ2) is 10.5. The minimum Gasteiger partial charge on any atom is -0.380 e. The van der Waals surface area contributed by atoms with Crippen LogP contribution in [0.25, 0.3) is 11.3 Å². The van der Waals surface area contributed by atoms with E-state index in [1.807, 2.05) is 60.7 Å². The van der Waals surface area contributed by atoms with Gasteiger partial charge < -0.3 is 20.9 Å². The number of anilines is 1. The number of fused-ring (bicyclic) bond motifs is 4. The molecule has 0 spiro atoms. The zero-order chi connectivity index (χ0) is 26.1. The highest BCUT2D eigenvalue weighted by atomic mass is 16.2. The monoisotopic (exact) mass is 506 g/mol. The van der Waals surface area contributed by atoms with Gasteiger partial charge in [0.05, 0.1) is 17.3 Å². The minimum absolute atomic E-state index is 0.0718. The molecule has 2 amide bonds. The molecular formula is C32H34N4O2. The standard InChI is InChI=1S/C32H34N4O2/c1-2-26(21-9-5-3-6-10-21)34-31(37)24-13-14-25-27(19-24)35-32(38)29(25)30(23-11-7-4-8-12-23)33-28-20-36-17-15-22(28)16-18-36/h3-14,19,22,26,28,33H,2,15-18,20H2,1H3,(H,34,37)(H,35,38)/t26-,28-/m1/s1. The van der Waals surface area contributed by atoms with E-state index in [4.69, 9.17) is 0 Å². The lowest BCUT2D eigenvalue weighted by atomic mass is 9.83. The van der Waals surface area contributed by atoms with Gasteiger partial charge in [0.15, 0.2) is 0 Å². The summed E-state index contributed by atoms with van der Waals surface area (Å²) >= 11 is 0. The van der Waals surface area contributed by atoms with Gasteiger partial charge in [0.1, 0.15) is 0 Å². The highest BCUT2D eigenvalue weighted by Crippen LogP contribution is 2.38. The van der Waals surface area contributed by atoms with Crippen molar-refractivity contribution in [1.82, 2.24) is 15.5 Å². The summed E-state index contributed by atoms with van der Waals surface area (Å²) in [5.74, 6) is 0.329. The fourth-order valence-electron chi connectivity index (χ4n) is 6.13. The molecule has 2 bridgehead atoms. The number of carbonyl (C=O) groups is 2. The quantitative estimate of drug-likeness (QED) is 0.391. The molecule has 3 aromatic rings. The van der Waals surface area contributed by atoms with Crippen molar-refractivity contribution in [2.75, 3.05) is 25.0 Å². The normalized spacial score (nSPS) is 23.8. The predicted molar refractivity (Wildman–Crippen MR) is 151 cm³/mol. The van der Waals surface area contributed by atoms with E-state index in [0.717, 1.165) is 48.4 Å². The Hall–Kier alpha value is -3.90. The fourth-order valence-corrected chi connectivity index (χ4v) is 6.13. The number of hydrogen-bond acceptors (Lipinski definition) is 4. The van der Waals surface area contributed by atoms with E-state index in [0.29, 0.717) is 28.8 Å². The molecular weight excluding hydrogens is 472 g/mol. The van der Waals surface area contributed by atoms with Crippen LogP contribution >= 0.6 is 0 Å². The second-order valence-corrected chi connectivity index (χ2v) is 10.6. The van der Waals surface area contributed by atoms with Gasteiger partial charge in [0.25, 0.3) is 11.8 Å². The van der Waals surface area contributed by atoms with E-state index in [1.54, 1.807) is 6.07 Å². The first-order valence-electron chi connectivity index (χ1n) is 13.7. The van der Waals surface area contributed by atoms with Gasteiger partial charge in [-0.3, -0.25) is 9.59 Å². The van der Waals surface area contributed by atoms with Crippen molar-refractivity contribution >= 4 is 28.8 Å². The molecule has 0 aromatic heterocycles. The Balaban J connectivity index is 1.32. The molecule has 3 fully saturated rings. The number of nitrogens with zero attached hydrogens (tertiary/aromatic N) is 1. The lowest BCUT2D eigenvalue weighted by Crippen LogP contribution is -2.55. The number of piperidine rings is 3. The summed E-state index contributed by atoms with van der Waals surface area (Å²) in [7, 11) is 0. The molecule has 6 nitrogen and oxygen atoms in total. The number of nitrogens with one attached hydrogen (secondary N) is 3. The first-order chi connectivity index (χ1) is 18.6. The summed E-state index contributed by atoms with van der Waals surface area (Å²) in [6.07, 6.45) is 3.17. The zero-order valence-corrected chi connectivity index (χ0v) is 21.7. The second-order valence-electron chi connectivity index (χ2n) is 10.6. The van der Waals surface area contributed by atoms with Gasteiger partial charge in [-0.05, 0) is 61.5 Å². The predicted octanol–water partition coefficient (Wildman–Crippen LogP) is 5.07. The number of hydrogen-bond donors (Lipinski definition) is 3. The van der Waals surface area contributed by atoms with E-state index in [9.17, 15) is 9.59 Å². The highest BCUT2D eigenvalue weighted by Gasteiger charge is 2.36. The molecule has 0 aliphatic carbocycles. The molecule has 0 radical (unpaired) electrons. The van der Waals surface area contributed by atoms with Crippen LogP contribution in [0, 0.1) is 5.92 Å². The first kappa shape index (κ1) is 24.4. The first-order valence-corrected chi connectivity index (χ1v) is 13.7. The summed E-state index contributed by atoms with van der Waals surface area (Å²) in [5, 5.41) is 9.99. The molecule has 7 rings (SSSR count). The Morgan fingerprint density at radius 2 is 1.68 bits per heavy atom. The Kier molecular flexibility index (Phi) is 6.73. The summed E-state index contributed by atoms with van der Waals surface area (Å²) < 4.78 is 0. The number of benzene rings is 3. The molecule has 38 heavy (non-hydrogen) atoms. The zero-order valence-electron chi connectivity index (χ0n) is 21.7. The van der Waals surface area contributed by atoms with Crippen molar-refractivity contribution in [2.24, 2.45) is 5.92 Å². The van der Waals surface area contributed by atoms with Crippen LogP contribution < -0.4 is 16.0 Å². The molecule has 0 unspecified atom stereocenters. The van der Waals surface area contributed by atoms with Crippen molar-refractivity contribution in [3.05, 3.63) is 101 Å². The fraction of sp³-hybridized carbons (Fsp3) is 0.312. The van der Waals surface area contributed by atoms with Gasteiger partial charge in [-0.2, -0.15) is 0 Å².